The van der Waals surface area contributed by atoms with Crippen LogP contribution in [0.4, 0.5) is 11.5 Å². The Morgan fingerprint density at radius 3 is 2.32 bits per heavy atom. The first-order chi connectivity index (χ1) is 10.5. The maximum absolute atomic E-state index is 11.0. The molecule has 0 saturated carbocycles. The molecule has 0 unspecified atom stereocenters. The highest BCUT2D eigenvalue weighted by molar-refractivity contribution is 7.71. The smallest absolute Gasteiger partial charge is 0.221 e. The molecule has 22 heavy (non-hydrogen) atoms. The number of nitrogens with two attached hydrogens (primary N) is 1. The number of pyridine rings is 1. The molecule has 6 nitrogen and oxygen atoms in total. The fraction of sp³-hybridized carbons (Fsp3) is 0.0667. The molecule has 7 heteroatoms. The van der Waals surface area contributed by atoms with E-state index in [-0.39, 0.29) is 27.5 Å². The van der Waals surface area contributed by atoms with E-state index in [1.807, 2.05) is 12.1 Å². The molecule has 0 atom stereocenters. The van der Waals surface area contributed by atoms with Gasteiger partial charge in [-0.15, -0.1) is 0 Å². The van der Waals surface area contributed by atoms with Gasteiger partial charge in [0, 0.05) is 18.2 Å². The van der Waals surface area contributed by atoms with Crippen LogP contribution in [0.3, 0.4) is 0 Å². The fourth-order valence-corrected chi connectivity index (χ4v) is 2.31. The van der Waals surface area contributed by atoms with Crippen LogP contribution in [-0.2, 0) is 4.79 Å². The van der Waals surface area contributed by atoms with Crippen LogP contribution in [0.15, 0.2) is 24.3 Å². The third-order valence-electron chi connectivity index (χ3n) is 2.96. The third kappa shape index (κ3) is 2.80. The number of rotatable bonds is 2. The van der Waals surface area contributed by atoms with Crippen molar-refractivity contribution in [3.8, 4) is 23.3 Å². The Kier molecular flexibility index (Phi) is 4.21. The van der Waals surface area contributed by atoms with Crippen LogP contribution in [-0.4, -0.2) is 10.9 Å². The lowest BCUT2D eigenvalue weighted by molar-refractivity contribution is -0.114. The van der Waals surface area contributed by atoms with Crippen LogP contribution in [0.25, 0.3) is 11.1 Å². The fourth-order valence-electron chi connectivity index (χ4n) is 2.06. The maximum Gasteiger partial charge on any atom is 0.221 e. The number of benzene rings is 1. The number of aromatic amines is 1. The number of carbonyl (C=O) groups is 1. The molecule has 1 amide bonds. The number of H-pyrrole nitrogens is 1. The van der Waals surface area contributed by atoms with Crippen molar-refractivity contribution in [3.05, 3.63) is 40.0 Å². The second kappa shape index (κ2) is 6.08. The number of nitrogen functional groups attached to an aromatic ring is 1. The Labute approximate surface area is 131 Å². The molecule has 4 N–H and O–H groups in total. The van der Waals surface area contributed by atoms with E-state index in [9.17, 15) is 15.3 Å². The number of nitriles is 2. The summed E-state index contributed by atoms with van der Waals surface area (Å²) in [5, 5.41) is 21.2. The monoisotopic (exact) mass is 309 g/mol. The molecule has 0 bridgehead atoms. The van der Waals surface area contributed by atoms with Gasteiger partial charge < -0.3 is 16.0 Å². The van der Waals surface area contributed by atoms with Gasteiger partial charge in [0.1, 0.15) is 28.2 Å². The minimum absolute atomic E-state index is 0.118. The van der Waals surface area contributed by atoms with Gasteiger partial charge in [-0.25, -0.2) is 0 Å². The van der Waals surface area contributed by atoms with Crippen molar-refractivity contribution in [1.29, 1.82) is 10.5 Å². The standard InChI is InChI=1S/C15H11N5OS/c1-8(21)19-10-4-2-9(3-5-10)13-11(6-16)14(18)20-15(22)12(13)7-17/h2-5H,1H3,(H,19,21)(H3,18,20,22). The van der Waals surface area contributed by atoms with Gasteiger partial charge in [0.2, 0.25) is 5.91 Å². The van der Waals surface area contributed by atoms with Crippen LogP contribution in [0.2, 0.25) is 0 Å². The molecular formula is C15H11N5OS. The highest BCUT2D eigenvalue weighted by atomic mass is 32.1. The van der Waals surface area contributed by atoms with E-state index in [1.165, 1.54) is 6.92 Å². The van der Waals surface area contributed by atoms with Gasteiger partial charge in [-0.2, -0.15) is 10.5 Å². The van der Waals surface area contributed by atoms with Crippen LogP contribution < -0.4 is 11.1 Å². The summed E-state index contributed by atoms with van der Waals surface area (Å²) in [5.74, 6) is -0.0676. The lowest BCUT2D eigenvalue weighted by Crippen LogP contribution is -2.05. The molecule has 1 aromatic carbocycles. The van der Waals surface area contributed by atoms with Crippen molar-refractivity contribution < 1.29 is 4.79 Å². The normalized spacial score (nSPS) is 9.59. The predicted octanol–water partition coefficient (Wildman–Crippen LogP) is 2.70. The van der Waals surface area contributed by atoms with Crippen LogP contribution in [0.5, 0.6) is 0 Å². The van der Waals surface area contributed by atoms with Crippen molar-refractivity contribution in [2.24, 2.45) is 0 Å². The van der Waals surface area contributed by atoms with Gasteiger partial charge in [-0.1, -0.05) is 24.4 Å². The molecule has 0 saturated heterocycles. The lowest BCUT2D eigenvalue weighted by Gasteiger charge is -2.10. The second-order valence-corrected chi connectivity index (χ2v) is 4.88. The molecule has 1 heterocycles. The number of anilines is 2. The first kappa shape index (κ1) is 15.2. The minimum atomic E-state index is -0.186. The molecule has 1 aromatic heterocycles. The predicted molar refractivity (Wildman–Crippen MR) is 85.2 cm³/mol. The van der Waals surface area contributed by atoms with E-state index in [1.54, 1.807) is 24.3 Å². The molecule has 0 aliphatic heterocycles. The molecule has 0 radical (unpaired) electrons. The van der Waals surface area contributed by atoms with Crippen molar-refractivity contribution in [1.82, 2.24) is 4.98 Å². The highest BCUT2D eigenvalue weighted by Crippen LogP contribution is 2.31. The zero-order valence-electron chi connectivity index (χ0n) is 11.6. The summed E-state index contributed by atoms with van der Waals surface area (Å²) in [6, 6.07) is 10.7. The van der Waals surface area contributed by atoms with Crippen LogP contribution >= 0.6 is 12.2 Å². The Balaban J connectivity index is 2.67. The van der Waals surface area contributed by atoms with E-state index in [4.69, 9.17) is 18.0 Å². The molecule has 0 aliphatic carbocycles. The third-order valence-corrected chi connectivity index (χ3v) is 3.27. The Bertz CT molecular complexity index is 884. The van der Waals surface area contributed by atoms with E-state index in [0.29, 0.717) is 16.8 Å². The molecule has 2 aromatic rings. The van der Waals surface area contributed by atoms with Crippen molar-refractivity contribution in [2.75, 3.05) is 11.1 Å². The first-order valence-corrected chi connectivity index (χ1v) is 6.62. The zero-order valence-corrected chi connectivity index (χ0v) is 12.4. The van der Waals surface area contributed by atoms with Gasteiger partial charge in [-0.3, -0.25) is 4.79 Å². The average Bonchev–Trinajstić information content (AvgIpc) is 2.47. The van der Waals surface area contributed by atoms with Gasteiger partial charge >= 0.3 is 0 Å². The number of nitrogens with one attached hydrogen (secondary N) is 2. The lowest BCUT2D eigenvalue weighted by atomic mass is 9.97. The van der Waals surface area contributed by atoms with Crippen LogP contribution in [0.1, 0.15) is 18.1 Å². The zero-order chi connectivity index (χ0) is 16.3. The average molecular weight is 309 g/mol. The van der Waals surface area contributed by atoms with E-state index in [0.717, 1.165) is 0 Å². The molecule has 0 fully saturated rings. The molecule has 2 rings (SSSR count). The van der Waals surface area contributed by atoms with Crippen molar-refractivity contribution in [3.63, 3.8) is 0 Å². The molecule has 0 aliphatic rings. The largest absolute Gasteiger partial charge is 0.384 e. The first-order valence-electron chi connectivity index (χ1n) is 6.22. The highest BCUT2D eigenvalue weighted by Gasteiger charge is 2.16. The Morgan fingerprint density at radius 2 is 1.82 bits per heavy atom. The van der Waals surface area contributed by atoms with Gasteiger partial charge in [-0.05, 0) is 17.7 Å². The van der Waals surface area contributed by atoms with Crippen molar-refractivity contribution >= 4 is 29.6 Å². The Hall–Kier alpha value is -3.16. The summed E-state index contributed by atoms with van der Waals surface area (Å²) in [4.78, 5) is 13.7. The summed E-state index contributed by atoms with van der Waals surface area (Å²) < 4.78 is 0.180. The number of amides is 1. The van der Waals surface area contributed by atoms with Crippen molar-refractivity contribution in [2.45, 2.75) is 6.92 Å². The van der Waals surface area contributed by atoms with Gasteiger partial charge in [0.25, 0.3) is 0 Å². The summed E-state index contributed by atoms with van der Waals surface area (Å²) >= 11 is 5.09. The van der Waals surface area contributed by atoms with Gasteiger partial charge in [0.05, 0.1) is 5.56 Å². The number of carbonyl (C=O) groups excluding carboxylic acids is 1. The number of hydrogen-bond acceptors (Lipinski definition) is 5. The SMILES string of the molecule is CC(=O)Nc1ccc(-c2c(C#N)c(N)[nH]c(=S)c2C#N)cc1. The van der Waals surface area contributed by atoms with E-state index >= 15 is 0 Å². The Morgan fingerprint density at radius 1 is 1.23 bits per heavy atom. The van der Waals surface area contributed by atoms with Crippen LogP contribution in [0, 0.1) is 27.3 Å². The number of nitrogens with zero attached hydrogens (tertiary/aromatic N) is 2. The maximum atomic E-state index is 11.0. The molecule has 0 spiro atoms. The number of hydrogen-bond donors (Lipinski definition) is 3. The summed E-state index contributed by atoms with van der Waals surface area (Å²) in [6.07, 6.45) is 0. The van der Waals surface area contributed by atoms with E-state index in [2.05, 4.69) is 10.3 Å². The summed E-state index contributed by atoms with van der Waals surface area (Å²) in [5.41, 5.74) is 7.75. The van der Waals surface area contributed by atoms with Gasteiger partial charge in [0.15, 0.2) is 0 Å². The topological polar surface area (TPSA) is 118 Å². The second-order valence-electron chi connectivity index (χ2n) is 4.47. The number of aromatic nitrogens is 1. The molecular weight excluding hydrogens is 298 g/mol. The summed E-state index contributed by atoms with van der Waals surface area (Å²) in [7, 11) is 0. The molecule has 108 valence electrons. The minimum Gasteiger partial charge on any atom is -0.384 e. The summed E-state index contributed by atoms with van der Waals surface area (Å²) in [6.45, 7) is 1.41. The van der Waals surface area contributed by atoms with E-state index < -0.39 is 0 Å². The quantitative estimate of drug-likeness (QED) is 0.737.